The van der Waals surface area contributed by atoms with Crippen LogP contribution in [0.25, 0.3) is 0 Å². The summed E-state index contributed by atoms with van der Waals surface area (Å²) in [5.41, 5.74) is -0.250. The zero-order valence-corrected chi connectivity index (χ0v) is 11.6. The molecule has 0 heterocycles. The number of rotatable bonds is 5. The summed E-state index contributed by atoms with van der Waals surface area (Å²) in [5, 5.41) is 13.0. The minimum Gasteiger partial charge on any atom is -0.308 e. The van der Waals surface area contributed by atoms with Gasteiger partial charge in [-0.05, 0) is 39.3 Å². The van der Waals surface area contributed by atoms with Crippen LogP contribution in [-0.2, 0) is 0 Å². The van der Waals surface area contributed by atoms with Gasteiger partial charge in [-0.25, -0.2) is 0 Å². The molecule has 0 saturated heterocycles. The maximum absolute atomic E-state index is 9.46. The molecule has 0 aromatic carbocycles. The van der Waals surface area contributed by atoms with Gasteiger partial charge in [0.2, 0.25) is 0 Å². The van der Waals surface area contributed by atoms with Gasteiger partial charge in [0.25, 0.3) is 0 Å². The van der Waals surface area contributed by atoms with E-state index in [0.29, 0.717) is 0 Å². The molecule has 0 bridgehead atoms. The molecule has 0 aromatic heterocycles. The van der Waals surface area contributed by atoms with Gasteiger partial charge >= 0.3 is 0 Å². The van der Waals surface area contributed by atoms with E-state index in [4.69, 9.17) is 0 Å². The highest BCUT2D eigenvalue weighted by Crippen LogP contribution is 2.31. The Bertz CT molecular complexity index is 257. The van der Waals surface area contributed by atoms with Gasteiger partial charge in [0, 0.05) is 13.1 Å². The Morgan fingerprint density at radius 3 is 2.71 bits per heavy atom. The van der Waals surface area contributed by atoms with Gasteiger partial charge in [-0.2, -0.15) is 5.26 Å². The highest BCUT2D eigenvalue weighted by atomic mass is 15.1. The van der Waals surface area contributed by atoms with Crippen molar-refractivity contribution in [3.8, 4) is 6.07 Å². The van der Waals surface area contributed by atoms with Crippen molar-refractivity contribution in [1.82, 2.24) is 10.2 Å². The largest absolute Gasteiger partial charge is 0.308 e. The second-order valence-electron chi connectivity index (χ2n) is 5.63. The van der Waals surface area contributed by atoms with E-state index in [2.05, 4.69) is 37.3 Å². The molecule has 3 nitrogen and oxygen atoms in total. The summed E-state index contributed by atoms with van der Waals surface area (Å²) in [6.45, 7) is 4.18. The molecule has 1 rings (SSSR count). The third-order valence-electron chi connectivity index (χ3n) is 4.01. The molecule has 0 aliphatic heterocycles. The summed E-state index contributed by atoms with van der Waals surface area (Å²) in [6.07, 6.45) is 7.01. The van der Waals surface area contributed by atoms with Gasteiger partial charge in [0.05, 0.1) is 6.07 Å². The monoisotopic (exact) mass is 237 g/mol. The Balaban J connectivity index is 2.47. The van der Waals surface area contributed by atoms with Crippen LogP contribution in [0.15, 0.2) is 0 Å². The van der Waals surface area contributed by atoms with E-state index in [9.17, 15) is 5.26 Å². The van der Waals surface area contributed by atoms with Crippen LogP contribution in [0.5, 0.6) is 0 Å². The van der Waals surface area contributed by atoms with Crippen LogP contribution in [0, 0.1) is 17.2 Å². The Morgan fingerprint density at radius 1 is 1.35 bits per heavy atom. The molecule has 2 unspecified atom stereocenters. The van der Waals surface area contributed by atoms with Crippen molar-refractivity contribution in [2.45, 2.75) is 51.0 Å². The van der Waals surface area contributed by atoms with Gasteiger partial charge in [0.1, 0.15) is 5.54 Å². The fourth-order valence-corrected chi connectivity index (χ4v) is 2.67. The molecule has 3 heteroatoms. The van der Waals surface area contributed by atoms with Crippen LogP contribution in [-0.4, -0.2) is 37.6 Å². The lowest BCUT2D eigenvalue weighted by atomic mass is 9.90. The van der Waals surface area contributed by atoms with E-state index in [1.165, 1.54) is 25.7 Å². The van der Waals surface area contributed by atoms with Crippen LogP contribution in [0.4, 0.5) is 0 Å². The molecular formula is C14H27N3. The van der Waals surface area contributed by atoms with Gasteiger partial charge in [-0.15, -0.1) is 0 Å². The van der Waals surface area contributed by atoms with E-state index in [1.54, 1.807) is 0 Å². The van der Waals surface area contributed by atoms with Crippen LogP contribution >= 0.6 is 0 Å². The molecule has 17 heavy (non-hydrogen) atoms. The zero-order chi connectivity index (χ0) is 12.7. The first-order chi connectivity index (χ1) is 8.12. The van der Waals surface area contributed by atoms with E-state index in [1.807, 2.05) is 0 Å². The average Bonchev–Trinajstić information content (AvgIpc) is 2.51. The second-order valence-corrected chi connectivity index (χ2v) is 5.63. The standard InChI is InChI=1S/C14H27N3/c1-4-13-6-5-8-14(12-15,9-7-13)16-10-11-17(2)3/h13,16H,4-11H2,1-3H3. The number of likely N-dealkylation sites (N-methyl/N-ethyl adjacent to an activating group) is 1. The maximum Gasteiger partial charge on any atom is 0.106 e. The van der Waals surface area contributed by atoms with E-state index in [0.717, 1.165) is 31.8 Å². The Morgan fingerprint density at radius 2 is 2.12 bits per heavy atom. The van der Waals surface area contributed by atoms with Crippen LogP contribution in [0.2, 0.25) is 0 Å². The average molecular weight is 237 g/mol. The summed E-state index contributed by atoms with van der Waals surface area (Å²) in [7, 11) is 4.14. The lowest BCUT2D eigenvalue weighted by molar-refractivity contribution is 0.323. The van der Waals surface area contributed by atoms with Crippen molar-refractivity contribution >= 4 is 0 Å². The van der Waals surface area contributed by atoms with Crippen molar-refractivity contribution in [2.75, 3.05) is 27.2 Å². The quantitative estimate of drug-likeness (QED) is 0.746. The number of nitrogens with one attached hydrogen (secondary N) is 1. The Kier molecular flexibility index (Phi) is 5.94. The first-order valence-corrected chi connectivity index (χ1v) is 6.93. The van der Waals surface area contributed by atoms with Crippen molar-refractivity contribution in [3.63, 3.8) is 0 Å². The lowest BCUT2D eigenvalue weighted by Gasteiger charge is -2.27. The van der Waals surface area contributed by atoms with Crippen molar-refractivity contribution in [2.24, 2.45) is 5.92 Å². The van der Waals surface area contributed by atoms with E-state index in [-0.39, 0.29) is 5.54 Å². The maximum atomic E-state index is 9.46. The summed E-state index contributed by atoms with van der Waals surface area (Å²) in [4.78, 5) is 2.16. The molecule has 0 aromatic rings. The highest BCUT2D eigenvalue weighted by Gasteiger charge is 2.32. The van der Waals surface area contributed by atoms with Gasteiger partial charge in [-0.3, -0.25) is 5.32 Å². The zero-order valence-electron chi connectivity index (χ0n) is 11.6. The number of nitriles is 1. The molecule has 1 saturated carbocycles. The topological polar surface area (TPSA) is 39.1 Å². The molecule has 1 fully saturated rings. The molecule has 2 atom stereocenters. The normalized spacial score (nSPS) is 29.9. The molecule has 1 N–H and O–H groups in total. The predicted octanol–water partition coefficient (Wildman–Crippen LogP) is 2.39. The fourth-order valence-electron chi connectivity index (χ4n) is 2.67. The number of nitrogens with zero attached hydrogens (tertiary/aromatic N) is 2. The summed E-state index contributed by atoms with van der Waals surface area (Å²) < 4.78 is 0. The predicted molar refractivity (Wildman–Crippen MR) is 71.8 cm³/mol. The molecule has 1 aliphatic carbocycles. The lowest BCUT2D eigenvalue weighted by Crippen LogP contribution is -2.46. The fraction of sp³-hybridized carbons (Fsp3) is 0.929. The molecular weight excluding hydrogens is 210 g/mol. The van der Waals surface area contributed by atoms with Crippen LogP contribution in [0.3, 0.4) is 0 Å². The SMILES string of the molecule is CCC1CCCC(C#N)(NCCN(C)C)CC1. The van der Waals surface area contributed by atoms with Gasteiger partial charge in [-0.1, -0.05) is 26.2 Å². The third-order valence-corrected chi connectivity index (χ3v) is 4.01. The van der Waals surface area contributed by atoms with Gasteiger partial charge < -0.3 is 4.90 Å². The Hall–Kier alpha value is -0.590. The first kappa shape index (κ1) is 14.5. The minimum absolute atomic E-state index is 0.250. The third kappa shape index (κ3) is 4.65. The highest BCUT2D eigenvalue weighted by molar-refractivity contribution is 5.08. The second kappa shape index (κ2) is 6.98. The molecule has 0 spiro atoms. The summed E-state index contributed by atoms with van der Waals surface area (Å²) in [5.74, 6) is 0.834. The van der Waals surface area contributed by atoms with Crippen LogP contribution < -0.4 is 5.32 Å². The molecule has 0 radical (unpaired) electrons. The minimum atomic E-state index is -0.250. The smallest absolute Gasteiger partial charge is 0.106 e. The summed E-state index contributed by atoms with van der Waals surface area (Å²) in [6, 6.07) is 2.55. The molecule has 98 valence electrons. The Labute approximate surface area is 106 Å². The first-order valence-electron chi connectivity index (χ1n) is 6.93. The summed E-state index contributed by atoms with van der Waals surface area (Å²) >= 11 is 0. The van der Waals surface area contributed by atoms with Crippen molar-refractivity contribution in [3.05, 3.63) is 0 Å². The molecule has 1 aliphatic rings. The molecule has 0 amide bonds. The number of hydrogen-bond acceptors (Lipinski definition) is 3. The van der Waals surface area contributed by atoms with Crippen molar-refractivity contribution in [1.29, 1.82) is 5.26 Å². The van der Waals surface area contributed by atoms with E-state index >= 15 is 0 Å². The van der Waals surface area contributed by atoms with E-state index < -0.39 is 0 Å². The number of hydrogen-bond donors (Lipinski definition) is 1. The van der Waals surface area contributed by atoms with Crippen molar-refractivity contribution < 1.29 is 0 Å². The van der Waals surface area contributed by atoms with Gasteiger partial charge in [0.15, 0.2) is 0 Å². The van der Waals surface area contributed by atoms with Crippen LogP contribution in [0.1, 0.15) is 45.4 Å².